The fourth-order valence-corrected chi connectivity index (χ4v) is 1.88. The summed E-state index contributed by atoms with van der Waals surface area (Å²) in [4.78, 5) is 0. The van der Waals surface area contributed by atoms with E-state index >= 15 is 0 Å². The lowest BCUT2D eigenvalue weighted by Crippen LogP contribution is -2.05. The van der Waals surface area contributed by atoms with Gasteiger partial charge in [-0.2, -0.15) is 0 Å². The second-order valence-corrected chi connectivity index (χ2v) is 4.08. The molecular formula is C11H12Cl2O. The van der Waals surface area contributed by atoms with Crippen molar-refractivity contribution in [3.8, 4) is 0 Å². The van der Waals surface area contributed by atoms with E-state index in [4.69, 9.17) is 23.2 Å². The lowest BCUT2D eigenvalue weighted by Gasteiger charge is -2.13. The van der Waals surface area contributed by atoms with E-state index in [9.17, 15) is 5.11 Å². The van der Waals surface area contributed by atoms with Crippen LogP contribution in [0.4, 0.5) is 0 Å². The summed E-state index contributed by atoms with van der Waals surface area (Å²) in [5.74, 6) is 0. The van der Waals surface area contributed by atoms with E-state index in [0.717, 1.165) is 5.56 Å². The van der Waals surface area contributed by atoms with Crippen molar-refractivity contribution in [3.63, 3.8) is 0 Å². The average Bonchev–Trinajstić information content (AvgIpc) is 2.07. The molecule has 0 fully saturated rings. The van der Waals surface area contributed by atoms with Crippen LogP contribution in [0.1, 0.15) is 19.4 Å². The zero-order chi connectivity index (χ0) is 10.7. The molecule has 0 spiro atoms. The second kappa shape index (κ2) is 4.83. The van der Waals surface area contributed by atoms with E-state index < -0.39 is 6.10 Å². The van der Waals surface area contributed by atoms with Gasteiger partial charge in [0.25, 0.3) is 0 Å². The summed E-state index contributed by atoms with van der Waals surface area (Å²) in [5, 5.41) is 10.7. The number of rotatable bonds is 2. The number of aliphatic hydroxyl groups excluding tert-OH is 1. The first-order chi connectivity index (χ1) is 6.54. The number of halogens is 2. The van der Waals surface area contributed by atoms with Crippen molar-refractivity contribution in [2.75, 3.05) is 0 Å². The molecule has 1 aromatic carbocycles. The molecule has 0 amide bonds. The lowest BCUT2D eigenvalue weighted by atomic mass is 10.0. The zero-order valence-corrected chi connectivity index (χ0v) is 9.60. The first-order valence-corrected chi connectivity index (χ1v) is 5.09. The van der Waals surface area contributed by atoms with Crippen molar-refractivity contribution < 1.29 is 5.11 Å². The molecular weight excluding hydrogens is 219 g/mol. The molecule has 3 heteroatoms. The fraction of sp³-hybridized carbons (Fsp3) is 0.273. The third-order valence-electron chi connectivity index (χ3n) is 1.95. The van der Waals surface area contributed by atoms with Crippen LogP contribution in [0, 0.1) is 0 Å². The van der Waals surface area contributed by atoms with Crippen molar-refractivity contribution in [1.29, 1.82) is 0 Å². The Morgan fingerprint density at radius 1 is 1.36 bits per heavy atom. The molecule has 0 aliphatic carbocycles. The molecule has 1 N–H and O–H groups in total. The van der Waals surface area contributed by atoms with Gasteiger partial charge in [-0.1, -0.05) is 41.4 Å². The first-order valence-electron chi connectivity index (χ1n) is 4.33. The topological polar surface area (TPSA) is 20.2 Å². The molecule has 14 heavy (non-hydrogen) atoms. The summed E-state index contributed by atoms with van der Waals surface area (Å²) in [5.41, 5.74) is 1.47. The molecule has 1 aromatic rings. The monoisotopic (exact) mass is 230 g/mol. The normalized spacial score (nSPS) is 14.9. The highest BCUT2D eigenvalue weighted by molar-refractivity contribution is 6.35. The van der Waals surface area contributed by atoms with E-state index in [-0.39, 0.29) is 0 Å². The average molecular weight is 231 g/mol. The Morgan fingerprint density at radius 3 is 2.36 bits per heavy atom. The standard InChI is InChI=1S/C11H12Cl2O/c1-7(12)11(8(2)14)9-5-3-4-6-10(9)13/h3-6,8,14H,1-2H3/b11-7+. The summed E-state index contributed by atoms with van der Waals surface area (Å²) in [7, 11) is 0. The highest BCUT2D eigenvalue weighted by atomic mass is 35.5. The fourth-order valence-electron chi connectivity index (χ4n) is 1.38. The highest BCUT2D eigenvalue weighted by Crippen LogP contribution is 2.29. The summed E-state index contributed by atoms with van der Waals surface area (Å²) >= 11 is 11.9. The van der Waals surface area contributed by atoms with Crippen LogP contribution in [0.15, 0.2) is 29.3 Å². The van der Waals surface area contributed by atoms with E-state index in [1.165, 1.54) is 0 Å². The van der Waals surface area contributed by atoms with Crippen LogP contribution in [0.3, 0.4) is 0 Å². The van der Waals surface area contributed by atoms with Crippen molar-refractivity contribution >= 4 is 28.8 Å². The van der Waals surface area contributed by atoms with Gasteiger partial charge in [-0.15, -0.1) is 0 Å². The van der Waals surface area contributed by atoms with E-state index in [2.05, 4.69) is 0 Å². The largest absolute Gasteiger partial charge is 0.389 e. The molecule has 0 radical (unpaired) electrons. The van der Waals surface area contributed by atoms with Gasteiger partial charge in [0, 0.05) is 15.6 Å². The van der Waals surface area contributed by atoms with Crippen LogP contribution < -0.4 is 0 Å². The molecule has 0 heterocycles. The van der Waals surface area contributed by atoms with Gasteiger partial charge in [0.1, 0.15) is 0 Å². The second-order valence-electron chi connectivity index (χ2n) is 3.10. The smallest absolute Gasteiger partial charge is 0.0779 e. The van der Waals surface area contributed by atoms with Crippen molar-refractivity contribution in [1.82, 2.24) is 0 Å². The van der Waals surface area contributed by atoms with E-state index in [0.29, 0.717) is 15.6 Å². The maximum atomic E-state index is 9.56. The number of benzene rings is 1. The first kappa shape index (κ1) is 11.6. The molecule has 1 nitrogen and oxygen atoms in total. The van der Waals surface area contributed by atoms with Crippen LogP contribution in [0.5, 0.6) is 0 Å². The van der Waals surface area contributed by atoms with Gasteiger partial charge in [-0.3, -0.25) is 0 Å². The van der Waals surface area contributed by atoms with Crippen molar-refractivity contribution in [3.05, 3.63) is 39.9 Å². The molecule has 0 saturated heterocycles. The summed E-state index contributed by atoms with van der Waals surface area (Å²) in [6, 6.07) is 7.33. The molecule has 0 aromatic heterocycles. The molecule has 1 unspecified atom stereocenters. The summed E-state index contributed by atoms with van der Waals surface area (Å²) in [6.07, 6.45) is -0.618. The molecule has 76 valence electrons. The maximum absolute atomic E-state index is 9.56. The summed E-state index contributed by atoms with van der Waals surface area (Å²) in [6.45, 7) is 3.41. The maximum Gasteiger partial charge on any atom is 0.0779 e. The Bertz CT molecular complexity index is 352. The van der Waals surface area contributed by atoms with Gasteiger partial charge >= 0.3 is 0 Å². The van der Waals surface area contributed by atoms with E-state index in [1.54, 1.807) is 19.9 Å². The van der Waals surface area contributed by atoms with Crippen molar-refractivity contribution in [2.24, 2.45) is 0 Å². The van der Waals surface area contributed by atoms with Gasteiger partial charge in [0.05, 0.1) is 6.10 Å². The Balaban J connectivity index is 3.27. The number of allylic oxidation sites excluding steroid dienone is 1. The zero-order valence-electron chi connectivity index (χ0n) is 8.09. The third-order valence-corrected chi connectivity index (χ3v) is 2.49. The van der Waals surface area contributed by atoms with E-state index in [1.807, 2.05) is 18.2 Å². The van der Waals surface area contributed by atoms with Crippen LogP contribution in [-0.2, 0) is 0 Å². The van der Waals surface area contributed by atoms with Crippen molar-refractivity contribution in [2.45, 2.75) is 20.0 Å². The Labute approximate surface area is 94.0 Å². The van der Waals surface area contributed by atoms with Crippen LogP contribution >= 0.6 is 23.2 Å². The molecule has 0 bridgehead atoms. The molecule has 0 aliphatic heterocycles. The molecule has 0 saturated carbocycles. The van der Waals surface area contributed by atoms with Gasteiger partial charge in [0.2, 0.25) is 0 Å². The number of hydrogen-bond acceptors (Lipinski definition) is 1. The van der Waals surface area contributed by atoms with Crippen LogP contribution in [0.25, 0.3) is 5.57 Å². The minimum atomic E-state index is -0.618. The van der Waals surface area contributed by atoms with Gasteiger partial charge in [0.15, 0.2) is 0 Å². The summed E-state index contributed by atoms with van der Waals surface area (Å²) < 4.78 is 0. The van der Waals surface area contributed by atoms with Gasteiger partial charge in [-0.05, 0) is 25.5 Å². The minimum Gasteiger partial charge on any atom is -0.389 e. The predicted octanol–water partition coefficient (Wildman–Crippen LogP) is 3.69. The number of hydrogen-bond donors (Lipinski definition) is 1. The SMILES string of the molecule is C/C(Cl)=C(\c1ccccc1Cl)C(C)O. The third kappa shape index (κ3) is 2.50. The minimum absolute atomic E-state index is 0.563. The Kier molecular flexibility index (Phi) is 3.99. The van der Waals surface area contributed by atoms with Crippen LogP contribution in [0.2, 0.25) is 5.02 Å². The lowest BCUT2D eigenvalue weighted by molar-refractivity contribution is 0.253. The number of aliphatic hydroxyl groups is 1. The van der Waals surface area contributed by atoms with Crippen LogP contribution in [-0.4, -0.2) is 11.2 Å². The van der Waals surface area contributed by atoms with Gasteiger partial charge < -0.3 is 5.11 Å². The quantitative estimate of drug-likeness (QED) is 0.822. The molecule has 1 rings (SSSR count). The molecule has 1 atom stereocenters. The Morgan fingerprint density at radius 2 is 1.93 bits per heavy atom. The highest BCUT2D eigenvalue weighted by Gasteiger charge is 2.13. The predicted molar refractivity (Wildman–Crippen MR) is 61.6 cm³/mol. The van der Waals surface area contributed by atoms with Gasteiger partial charge in [-0.25, -0.2) is 0 Å². The molecule has 0 aliphatic rings. The Hall–Kier alpha value is -0.500.